The van der Waals surface area contributed by atoms with E-state index in [2.05, 4.69) is 24.3 Å². The number of hydrogen-bond donors (Lipinski definition) is 2. The first-order chi connectivity index (χ1) is 15.6. The molecule has 4 rings (SSSR count). The predicted octanol–water partition coefficient (Wildman–Crippen LogP) is 5.76. The molecule has 2 aliphatic rings. The van der Waals surface area contributed by atoms with Crippen molar-refractivity contribution in [2.45, 2.75) is 88.5 Å². The standard InChI is InChI=1S/C28H38N2O3/c1-21(22-12-14-23(15-13-22)27(29)16-8-5-9-17-27)30-19-18-28(33-25(30)31,20-26(2,3)32)24-10-6-4-7-11-24/h4,6-7,10-15,21,32H,5,8-9,16-20,29H2,1-3H3/t21-,28-/m0/s1. The Labute approximate surface area is 197 Å². The summed E-state index contributed by atoms with van der Waals surface area (Å²) >= 11 is 0. The monoisotopic (exact) mass is 450 g/mol. The normalized spacial score (nSPS) is 24.3. The highest BCUT2D eigenvalue weighted by molar-refractivity contribution is 5.70. The number of cyclic esters (lactones) is 1. The van der Waals surface area contributed by atoms with Crippen LogP contribution >= 0.6 is 0 Å². The zero-order valence-corrected chi connectivity index (χ0v) is 20.2. The number of nitrogens with two attached hydrogens (primary N) is 1. The predicted molar refractivity (Wildman–Crippen MR) is 131 cm³/mol. The Balaban J connectivity index is 1.51. The third kappa shape index (κ3) is 5.10. The molecule has 0 radical (unpaired) electrons. The van der Waals surface area contributed by atoms with Crippen LogP contribution in [0.4, 0.5) is 4.79 Å². The highest BCUT2D eigenvalue weighted by Gasteiger charge is 2.46. The first-order valence-electron chi connectivity index (χ1n) is 12.3. The van der Waals surface area contributed by atoms with Gasteiger partial charge in [-0.3, -0.25) is 0 Å². The van der Waals surface area contributed by atoms with Crippen LogP contribution in [0.3, 0.4) is 0 Å². The zero-order chi connectivity index (χ0) is 23.7. The quantitative estimate of drug-likeness (QED) is 0.586. The molecule has 0 aromatic heterocycles. The topological polar surface area (TPSA) is 75.8 Å². The molecule has 0 bridgehead atoms. The van der Waals surface area contributed by atoms with E-state index in [-0.39, 0.29) is 17.7 Å². The molecule has 2 aromatic rings. The summed E-state index contributed by atoms with van der Waals surface area (Å²) in [4.78, 5) is 15.0. The van der Waals surface area contributed by atoms with Crippen LogP contribution < -0.4 is 5.73 Å². The van der Waals surface area contributed by atoms with Gasteiger partial charge in [0.25, 0.3) is 0 Å². The largest absolute Gasteiger partial charge is 0.438 e. The van der Waals surface area contributed by atoms with E-state index in [1.165, 1.54) is 24.8 Å². The van der Waals surface area contributed by atoms with E-state index in [1.807, 2.05) is 37.3 Å². The van der Waals surface area contributed by atoms with Gasteiger partial charge in [0.2, 0.25) is 0 Å². The van der Waals surface area contributed by atoms with Crippen molar-refractivity contribution in [1.29, 1.82) is 0 Å². The molecule has 0 spiro atoms. The highest BCUT2D eigenvalue weighted by atomic mass is 16.6. The second-order valence-electron chi connectivity index (χ2n) is 10.7. The van der Waals surface area contributed by atoms with Crippen LogP contribution in [-0.2, 0) is 15.9 Å². The van der Waals surface area contributed by atoms with Gasteiger partial charge in [0.15, 0.2) is 0 Å². The summed E-state index contributed by atoms with van der Waals surface area (Å²) in [7, 11) is 0. The summed E-state index contributed by atoms with van der Waals surface area (Å²) in [5, 5.41) is 10.6. The Kier molecular flexibility index (Phi) is 6.56. The summed E-state index contributed by atoms with van der Waals surface area (Å²) in [5.74, 6) is 0. The average molecular weight is 451 g/mol. The van der Waals surface area contributed by atoms with Crippen molar-refractivity contribution in [2.75, 3.05) is 6.54 Å². The van der Waals surface area contributed by atoms with Crippen molar-refractivity contribution in [1.82, 2.24) is 4.90 Å². The molecule has 1 aliphatic carbocycles. The maximum absolute atomic E-state index is 13.3. The van der Waals surface area contributed by atoms with Crippen LogP contribution in [0.2, 0.25) is 0 Å². The van der Waals surface area contributed by atoms with Gasteiger partial charge < -0.3 is 20.5 Å². The Morgan fingerprint density at radius 2 is 1.64 bits per heavy atom. The number of rotatable bonds is 6. The molecular weight excluding hydrogens is 412 g/mol. The minimum Gasteiger partial charge on any atom is -0.438 e. The van der Waals surface area contributed by atoms with E-state index in [0.29, 0.717) is 19.4 Å². The van der Waals surface area contributed by atoms with Crippen molar-refractivity contribution in [3.05, 3.63) is 71.3 Å². The maximum Gasteiger partial charge on any atom is 0.411 e. The second kappa shape index (κ2) is 9.11. The molecule has 178 valence electrons. The Hall–Kier alpha value is -2.37. The van der Waals surface area contributed by atoms with Gasteiger partial charge in [0.05, 0.1) is 11.6 Å². The van der Waals surface area contributed by atoms with Crippen LogP contribution in [-0.4, -0.2) is 28.2 Å². The molecule has 2 atom stereocenters. The fraction of sp³-hybridized carbons (Fsp3) is 0.536. The third-order valence-electron chi connectivity index (χ3n) is 7.47. The first-order valence-corrected chi connectivity index (χ1v) is 12.3. The SMILES string of the molecule is C[C@@H](c1ccc(C2(N)CCCCC2)cc1)N1CC[C@](CC(C)(C)O)(c2ccccc2)OC1=O. The van der Waals surface area contributed by atoms with E-state index >= 15 is 0 Å². The number of hydrogen-bond acceptors (Lipinski definition) is 4. The number of nitrogens with zero attached hydrogens (tertiary/aromatic N) is 1. The Morgan fingerprint density at radius 3 is 2.21 bits per heavy atom. The maximum atomic E-state index is 13.3. The van der Waals surface area contributed by atoms with Crippen molar-refractivity contribution < 1.29 is 14.6 Å². The number of carbonyl (C=O) groups is 1. The summed E-state index contributed by atoms with van der Waals surface area (Å²) in [6.07, 6.45) is 6.33. The van der Waals surface area contributed by atoms with Crippen molar-refractivity contribution >= 4 is 6.09 Å². The molecule has 1 amide bonds. The Bertz CT molecular complexity index is 945. The molecule has 2 aromatic carbocycles. The average Bonchev–Trinajstić information content (AvgIpc) is 2.79. The lowest BCUT2D eigenvalue weighted by Gasteiger charge is -2.45. The van der Waals surface area contributed by atoms with Gasteiger partial charge in [-0.15, -0.1) is 0 Å². The molecule has 1 heterocycles. The number of benzene rings is 2. The molecule has 1 saturated heterocycles. The fourth-order valence-corrected chi connectivity index (χ4v) is 5.64. The van der Waals surface area contributed by atoms with E-state index in [9.17, 15) is 9.90 Å². The first kappa shape index (κ1) is 23.8. The van der Waals surface area contributed by atoms with E-state index in [1.54, 1.807) is 18.7 Å². The number of aliphatic hydroxyl groups is 1. The molecule has 0 unspecified atom stereocenters. The van der Waals surface area contributed by atoms with Crippen LogP contribution in [0.1, 0.15) is 88.4 Å². The van der Waals surface area contributed by atoms with Crippen LogP contribution in [0.25, 0.3) is 0 Å². The van der Waals surface area contributed by atoms with E-state index in [0.717, 1.165) is 24.0 Å². The minimum absolute atomic E-state index is 0.109. The molecule has 3 N–H and O–H groups in total. The smallest absolute Gasteiger partial charge is 0.411 e. The summed E-state index contributed by atoms with van der Waals surface area (Å²) in [6, 6.07) is 18.2. The molecule has 33 heavy (non-hydrogen) atoms. The van der Waals surface area contributed by atoms with Crippen LogP contribution in [0, 0.1) is 0 Å². The highest BCUT2D eigenvalue weighted by Crippen LogP contribution is 2.42. The number of ether oxygens (including phenoxy) is 1. The van der Waals surface area contributed by atoms with Gasteiger partial charge in [0, 0.05) is 24.9 Å². The van der Waals surface area contributed by atoms with Gasteiger partial charge in [-0.2, -0.15) is 0 Å². The van der Waals surface area contributed by atoms with Gasteiger partial charge in [-0.1, -0.05) is 73.9 Å². The van der Waals surface area contributed by atoms with Crippen molar-refractivity contribution in [3.63, 3.8) is 0 Å². The molecule has 2 fully saturated rings. The van der Waals surface area contributed by atoms with Gasteiger partial charge in [0.1, 0.15) is 5.60 Å². The summed E-state index contributed by atoms with van der Waals surface area (Å²) in [6.45, 7) is 6.13. The summed E-state index contributed by atoms with van der Waals surface area (Å²) < 4.78 is 6.13. The second-order valence-corrected chi connectivity index (χ2v) is 10.7. The fourth-order valence-electron chi connectivity index (χ4n) is 5.64. The molecule has 1 saturated carbocycles. The third-order valence-corrected chi connectivity index (χ3v) is 7.47. The summed E-state index contributed by atoms with van der Waals surface area (Å²) in [5.41, 5.74) is 7.88. The van der Waals surface area contributed by atoms with E-state index < -0.39 is 11.2 Å². The lowest BCUT2D eigenvalue weighted by atomic mass is 9.77. The zero-order valence-electron chi connectivity index (χ0n) is 20.2. The Morgan fingerprint density at radius 1 is 1.00 bits per heavy atom. The van der Waals surface area contributed by atoms with Gasteiger partial charge >= 0.3 is 6.09 Å². The van der Waals surface area contributed by atoms with Crippen LogP contribution in [0.15, 0.2) is 54.6 Å². The lowest BCUT2D eigenvalue weighted by Crippen LogP contribution is -2.51. The van der Waals surface area contributed by atoms with E-state index in [4.69, 9.17) is 10.5 Å². The van der Waals surface area contributed by atoms with Gasteiger partial charge in [-0.05, 0) is 50.3 Å². The molecule has 1 aliphatic heterocycles. The number of amides is 1. The number of carbonyl (C=O) groups excluding carboxylic acids is 1. The van der Waals surface area contributed by atoms with Gasteiger partial charge in [-0.25, -0.2) is 4.79 Å². The van der Waals surface area contributed by atoms with Crippen molar-refractivity contribution in [2.24, 2.45) is 5.73 Å². The lowest BCUT2D eigenvalue weighted by molar-refractivity contribution is -0.101. The minimum atomic E-state index is -0.961. The molecule has 5 nitrogen and oxygen atoms in total. The molecular formula is C28H38N2O3. The van der Waals surface area contributed by atoms with Crippen molar-refractivity contribution in [3.8, 4) is 0 Å². The van der Waals surface area contributed by atoms with Crippen LogP contribution in [0.5, 0.6) is 0 Å². The molecule has 5 heteroatoms.